The van der Waals surface area contributed by atoms with Crippen LogP contribution in [-0.2, 0) is 16.0 Å². The monoisotopic (exact) mass is 301 g/mol. The van der Waals surface area contributed by atoms with E-state index in [0.29, 0.717) is 12.0 Å². The average Bonchev–Trinajstić information content (AvgIpc) is 2.53. The molecule has 0 aliphatic heterocycles. The van der Waals surface area contributed by atoms with E-state index in [-0.39, 0.29) is 12.3 Å². The Labute approximate surface area is 127 Å². The van der Waals surface area contributed by atoms with Gasteiger partial charge < -0.3 is 4.74 Å². The molecule has 22 heavy (non-hydrogen) atoms. The van der Waals surface area contributed by atoms with Gasteiger partial charge in [-0.1, -0.05) is 36.4 Å². The van der Waals surface area contributed by atoms with Crippen LogP contribution in [0.25, 0.3) is 0 Å². The van der Waals surface area contributed by atoms with Gasteiger partial charge in [0.15, 0.2) is 5.82 Å². The largest absolute Gasteiger partial charge is 0.466 e. The number of ether oxygens (including phenoxy) is 1. The number of carbonyl (C=O) groups excluding carboxylic acids is 1. The first-order valence-corrected chi connectivity index (χ1v) is 6.99. The lowest BCUT2D eigenvalue weighted by Crippen LogP contribution is -2.18. The first-order chi connectivity index (χ1) is 10.7. The second kappa shape index (κ2) is 7.45. The molecule has 0 bridgehead atoms. The van der Waals surface area contributed by atoms with Crippen LogP contribution in [0.3, 0.4) is 0 Å². The fraction of sp³-hybridized carbons (Fsp3) is 0.235. The molecule has 0 radical (unpaired) electrons. The van der Waals surface area contributed by atoms with E-state index in [2.05, 4.69) is 5.18 Å². The lowest BCUT2D eigenvalue weighted by atomic mass is 9.91. The Hall–Kier alpha value is -2.56. The molecule has 0 saturated heterocycles. The van der Waals surface area contributed by atoms with Gasteiger partial charge in [0.2, 0.25) is 0 Å². The Bertz CT molecular complexity index is 658. The van der Waals surface area contributed by atoms with Crippen LogP contribution < -0.4 is 0 Å². The number of rotatable bonds is 6. The summed E-state index contributed by atoms with van der Waals surface area (Å²) in [7, 11) is 0. The van der Waals surface area contributed by atoms with E-state index in [1.54, 1.807) is 6.92 Å². The molecule has 0 spiro atoms. The number of carbonyl (C=O) groups is 1. The Morgan fingerprint density at radius 3 is 2.55 bits per heavy atom. The summed E-state index contributed by atoms with van der Waals surface area (Å²) in [5.74, 6) is -1.79. The summed E-state index contributed by atoms with van der Waals surface area (Å²) in [5, 5.41) is 2.59. The summed E-state index contributed by atoms with van der Waals surface area (Å²) in [5.41, 5.74) is 1.14. The molecule has 1 atom stereocenters. The lowest BCUT2D eigenvalue weighted by Gasteiger charge is -2.16. The van der Waals surface area contributed by atoms with Crippen LogP contribution in [0.15, 0.2) is 53.7 Å². The zero-order chi connectivity index (χ0) is 15.9. The maximum atomic E-state index is 13.8. The molecule has 0 aromatic heterocycles. The van der Waals surface area contributed by atoms with Gasteiger partial charge in [-0.15, -0.1) is 4.91 Å². The van der Waals surface area contributed by atoms with Gasteiger partial charge in [-0.25, -0.2) is 4.39 Å². The van der Waals surface area contributed by atoms with Crippen molar-refractivity contribution >= 4 is 11.7 Å². The predicted octanol–water partition coefficient (Wildman–Crippen LogP) is 4.11. The Balaban J connectivity index is 2.33. The number of benzene rings is 2. The van der Waals surface area contributed by atoms with Crippen molar-refractivity contribution < 1.29 is 13.9 Å². The van der Waals surface area contributed by atoms with Crippen LogP contribution in [0.5, 0.6) is 0 Å². The molecule has 0 fully saturated rings. The number of hydrogen-bond donors (Lipinski definition) is 0. The molecular weight excluding hydrogens is 285 g/mol. The summed E-state index contributed by atoms with van der Waals surface area (Å²) >= 11 is 0. The summed E-state index contributed by atoms with van der Waals surface area (Å²) < 4.78 is 18.8. The highest BCUT2D eigenvalue weighted by Crippen LogP contribution is 2.27. The van der Waals surface area contributed by atoms with Crippen LogP contribution in [-0.4, -0.2) is 12.6 Å². The van der Waals surface area contributed by atoms with Crippen LogP contribution >= 0.6 is 0 Å². The molecule has 2 aromatic rings. The zero-order valence-electron chi connectivity index (χ0n) is 12.2. The van der Waals surface area contributed by atoms with Crippen molar-refractivity contribution in [3.63, 3.8) is 0 Å². The quantitative estimate of drug-likeness (QED) is 0.596. The topological polar surface area (TPSA) is 55.7 Å². The van der Waals surface area contributed by atoms with Crippen molar-refractivity contribution in [1.82, 2.24) is 0 Å². The second-order valence-corrected chi connectivity index (χ2v) is 4.80. The van der Waals surface area contributed by atoms with Crippen LogP contribution in [0, 0.1) is 10.7 Å². The summed E-state index contributed by atoms with van der Waals surface area (Å²) in [6.45, 7) is 1.97. The van der Waals surface area contributed by atoms with Crippen LogP contribution in [0.4, 0.5) is 10.1 Å². The van der Waals surface area contributed by atoms with Gasteiger partial charge >= 0.3 is 5.97 Å². The molecule has 0 aliphatic carbocycles. The number of nitrogens with zero attached hydrogens (tertiary/aromatic N) is 1. The normalized spacial score (nSPS) is 11.7. The van der Waals surface area contributed by atoms with Crippen molar-refractivity contribution in [1.29, 1.82) is 0 Å². The minimum atomic E-state index is -0.741. The predicted molar refractivity (Wildman–Crippen MR) is 81.4 cm³/mol. The molecule has 0 N–H and O–H groups in total. The third-order valence-corrected chi connectivity index (χ3v) is 3.33. The standard InChI is InChI=1S/C17H16FNO3/c1-2-22-17(20)14(10-12-6-4-3-5-7-12)13-8-9-16(19-21)15(18)11-13/h3-9,11,14H,2,10H2,1H3. The lowest BCUT2D eigenvalue weighted by molar-refractivity contribution is -0.144. The van der Waals surface area contributed by atoms with Crippen LogP contribution in [0.2, 0.25) is 0 Å². The minimum Gasteiger partial charge on any atom is -0.466 e. The first-order valence-electron chi connectivity index (χ1n) is 6.99. The number of hydrogen-bond acceptors (Lipinski definition) is 4. The van der Waals surface area contributed by atoms with Gasteiger partial charge in [0.1, 0.15) is 5.69 Å². The van der Waals surface area contributed by atoms with E-state index in [1.165, 1.54) is 18.2 Å². The first kappa shape index (κ1) is 15.8. The Morgan fingerprint density at radius 1 is 1.23 bits per heavy atom. The molecule has 0 amide bonds. The molecule has 2 rings (SSSR count). The summed E-state index contributed by atoms with van der Waals surface area (Å²) in [4.78, 5) is 22.6. The summed E-state index contributed by atoms with van der Waals surface area (Å²) in [6.07, 6.45) is 0.396. The van der Waals surface area contributed by atoms with Gasteiger partial charge in [0, 0.05) is 0 Å². The number of esters is 1. The second-order valence-electron chi connectivity index (χ2n) is 4.80. The smallest absolute Gasteiger partial charge is 0.313 e. The number of nitroso groups, excluding NO2 is 1. The SMILES string of the molecule is CCOC(=O)C(Cc1ccccc1)c1ccc(N=O)c(F)c1. The fourth-order valence-corrected chi connectivity index (χ4v) is 2.24. The Kier molecular flexibility index (Phi) is 5.36. The van der Waals surface area contributed by atoms with Crippen LogP contribution in [0.1, 0.15) is 24.0 Å². The molecular formula is C17H16FNO3. The van der Waals surface area contributed by atoms with E-state index in [1.807, 2.05) is 30.3 Å². The van der Waals surface area contributed by atoms with E-state index in [0.717, 1.165) is 5.56 Å². The van der Waals surface area contributed by atoms with Gasteiger partial charge in [-0.3, -0.25) is 4.79 Å². The molecule has 114 valence electrons. The highest BCUT2D eigenvalue weighted by molar-refractivity contribution is 5.78. The third-order valence-electron chi connectivity index (χ3n) is 3.33. The third kappa shape index (κ3) is 3.75. The van der Waals surface area contributed by atoms with Crippen molar-refractivity contribution in [2.75, 3.05) is 6.61 Å². The van der Waals surface area contributed by atoms with Gasteiger partial charge in [-0.05, 0) is 41.8 Å². The molecule has 0 heterocycles. The molecule has 2 aromatic carbocycles. The zero-order valence-corrected chi connectivity index (χ0v) is 12.2. The van der Waals surface area contributed by atoms with Gasteiger partial charge in [0.25, 0.3) is 0 Å². The summed E-state index contributed by atoms with van der Waals surface area (Å²) in [6, 6.07) is 13.4. The molecule has 0 aliphatic rings. The van der Waals surface area contributed by atoms with E-state index in [9.17, 15) is 14.1 Å². The molecule has 5 heteroatoms. The average molecular weight is 301 g/mol. The number of halogens is 1. The molecule has 0 saturated carbocycles. The van der Waals surface area contributed by atoms with E-state index in [4.69, 9.17) is 4.74 Å². The molecule has 1 unspecified atom stereocenters. The Morgan fingerprint density at radius 2 is 1.95 bits per heavy atom. The van der Waals surface area contributed by atoms with Crippen molar-refractivity contribution in [3.8, 4) is 0 Å². The highest BCUT2D eigenvalue weighted by Gasteiger charge is 2.23. The molecule has 4 nitrogen and oxygen atoms in total. The highest BCUT2D eigenvalue weighted by atomic mass is 19.1. The maximum absolute atomic E-state index is 13.8. The maximum Gasteiger partial charge on any atom is 0.313 e. The van der Waals surface area contributed by atoms with Gasteiger partial charge in [0.05, 0.1) is 12.5 Å². The fourth-order valence-electron chi connectivity index (χ4n) is 2.24. The van der Waals surface area contributed by atoms with E-state index < -0.39 is 17.7 Å². The van der Waals surface area contributed by atoms with E-state index >= 15 is 0 Å². The van der Waals surface area contributed by atoms with Crippen molar-refractivity contribution in [2.45, 2.75) is 19.3 Å². The van der Waals surface area contributed by atoms with Crippen molar-refractivity contribution in [2.24, 2.45) is 5.18 Å². The minimum absolute atomic E-state index is 0.251. The van der Waals surface area contributed by atoms with Gasteiger partial charge in [-0.2, -0.15) is 0 Å². The van der Waals surface area contributed by atoms with Crippen molar-refractivity contribution in [3.05, 3.63) is 70.4 Å².